The molecule has 1 saturated carbocycles. The maximum absolute atomic E-state index is 11.6. The second kappa shape index (κ2) is 8.27. The molecule has 7 nitrogen and oxygen atoms in total. The van der Waals surface area contributed by atoms with E-state index in [4.69, 9.17) is 4.84 Å². The van der Waals surface area contributed by atoms with Crippen molar-refractivity contribution < 1.29 is 13.3 Å². The van der Waals surface area contributed by atoms with Crippen LogP contribution >= 0.6 is 0 Å². The van der Waals surface area contributed by atoms with Gasteiger partial charge in [0.2, 0.25) is 15.9 Å². The number of hydrogen-bond donors (Lipinski definition) is 3. The lowest BCUT2D eigenvalue weighted by atomic mass is 9.86. The smallest absolute Gasteiger partial charge is 0.243 e. The Kier molecular flexibility index (Phi) is 6.06. The molecule has 1 aliphatic carbocycles. The lowest BCUT2D eigenvalue weighted by Crippen LogP contribution is -2.42. The predicted molar refractivity (Wildman–Crippen MR) is 97.3 cm³/mol. The number of hydrogen-bond acceptors (Lipinski definition) is 6. The molecule has 0 radical (unpaired) electrons. The summed E-state index contributed by atoms with van der Waals surface area (Å²) in [5, 5.41) is 3.36. The van der Waals surface area contributed by atoms with Crippen LogP contribution < -0.4 is 15.5 Å². The Morgan fingerprint density at radius 1 is 1.20 bits per heavy atom. The van der Waals surface area contributed by atoms with Gasteiger partial charge in [-0.3, -0.25) is 5.32 Å². The molecule has 3 rings (SSSR count). The van der Waals surface area contributed by atoms with Crippen LogP contribution in [0.3, 0.4) is 0 Å². The zero-order valence-electron chi connectivity index (χ0n) is 14.4. The fourth-order valence-electron chi connectivity index (χ4n) is 3.18. The fourth-order valence-corrected chi connectivity index (χ4v) is 4.09. The summed E-state index contributed by atoms with van der Waals surface area (Å²) in [6, 6.07) is 9.86. The Balaban J connectivity index is 1.41. The average Bonchev–Trinajstić information content (AvgIpc) is 3.11. The quantitative estimate of drug-likeness (QED) is 0.677. The molecular formula is C17H26N4O3S. The minimum absolute atomic E-state index is 0.0804. The van der Waals surface area contributed by atoms with Crippen molar-refractivity contribution in [1.29, 1.82) is 0 Å². The molecule has 0 bridgehead atoms. The van der Waals surface area contributed by atoms with E-state index in [0.29, 0.717) is 11.8 Å². The van der Waals surface area contributed by atoms with Crippen LogP contribution in [0.15, 0.2) is 35.3 Å². The molecular weight excluding hydrogens is 340 g/mol. The molecule has 1 aromatic rings. The number of benzene rings is 1. The van der Waals surface area contributed by atoms with Crippen LogP contribution in [0.1, 0.15) is 38.2 Å². The molecule has 1 atom stereocenters. The first kappa shape index (κ1) is 18.3. The Morgan fingerprint density at radius 2 is 1.92 bits per heavy atom. The molecule has 1 fully saturated rings. The minimum atomic E-state index is -3.10. The van der Waals surface area contributed by atoms with E-state index in [1.165, 1.54) is 0 Å². The van der Waals surface area contributed by atoms with Crippen LogP contribution in [0.4, 0.5) is 0 Å². The van der Waals surface area contributed by atoms with Gasteiger partial charge >= 0.3 is 0 Å². The number of nitrogens with one attached hydrogen (secondary N) is 3. The predicted octanol–water partition coefficient (Wildman–Crippen LogP) is 1.34. The molecule has 1 aromatic carbocycles. The zero-order valence-corrected chi connectivity index (χ0v) is 15.3. The van der Waals surface area contributed by atoms with Crippen LogP contribution in [0.25, 0.3) is 0 Å². The Morgan fingerprint density at radius 3 is 2.60 bits per heavy atom. The number of hydroxylamine groups is 1. The first-order valence-corrected chi connectivity index (χ1v) is 10.5. The van der Waals surface area contributed by atoms with Crippen LogP contribution in [0, 0.1) is 5.92 Å². The second-order valence-electron chi connectivity index (χ2n) is 6.57. The Hall–Kier alpha value is -1.48. The summed E-state index contributed by atoms with van der Waals surface area (Å²) in [6.07, 6.45) is 3.54. The van der Waals surface area contributed by atoms with Gasteiger partial charge in [0, 0.05) is 18.2 Å². The van der Waals surface area contributed by atoms with Crippen molar-refractivity contribution in [2.24, 2.45) is 10.9 Å². The standard InChI is InChI=1S/C17H26N4O3S/c1-2-25(22,23)21-15-10-8-13(9-11-15)12-18-17-19-16(24-20-17)14-6-4-3-5-7-14/h3-7,13,15,17-18,20-21H,2,8-12H2,1H3/t13-,15-,17?. The van der Waals surface area contributed by atoms with E-state index in [1.54, 1.807) is 6.92 Å². The van der Waals surface area contributed by atoms with Gasteiger partial charge in [-0.15, -0.1) is 5.48 Å². The van der Waals surface area contributed by atoms with Crippen molar-refractivity contribution in [3.63, 3.8) is 0 Å². The van der Waals surface area contributed by atoms with E-state index in [0.717, 1.165) is 37.8 Å². The fraction of sp³-hybridized carbons (Fsp3) is 0.588. The molecule has 0 saturated heterocycles. The zero-order chi connectivity index (χ0) is 17.7. The molecule has 0 amide bonds. The van der Waals surface area contributed by atoms with Crippen LogP contribution in [-0.4, -0.2) is 38.9 Å². The molecule has 3 N–H and O–H groups in total. The third-order valence-electron chi connectivity index (χ3n) is 4.71. The van der Waals surface area contributed by atoms with Gasteiger partial charge in [-0.25, -0.2) is 18.1 Å². The van der Waals surface area contributed by atoms with E-state index >= 15 is 0 Å². The van der Waals surface area contributed by atoms with Crippen molar-refractivity contribution in [3.8, 4) is 0 Å². The van der Waals surface area contributed by atoms with Crippen molar-refractivity contribution in [2.75, 3.05) is 12.3 Å². The van der Waals surface area contributed by atoms with Gasteiger partial charge in [0.25, 0.3) is 0 Å². The second-order valence-corrected chi connectivity index (χ2v) is 8.61. The van der Waals surface area contributed by atoms with Gasteiger partial charge in [-0.1, -0.05) is 18.2 Å². The molecule has 1 heterocycles. The average molecular weight is 366 g/mol. The van der Waals surface area contributed by atoms with E-state index in [1.807, 2.05) is 30.3 Å². The van der Waals surface area contributed by atoms with Gasteiger partial charge in [-0.05, 0) is 50.7 Å². The monoisotopic (exact) mass is 366 g/mol. The SMILES string of the molecule is CCS(=O)(=O)N[C@H]1CC[C@H](CNC2N=C(c3ccccc3)ON2)CC1. The highest BCUT2D eigenvalue weighted by Gasteiger charge is 2.25. The summed E-state index contributed by atoms with van der Waals surface area (Å²) in [5.74, 6) is 1.26. The number of nitrogens with zero attached hydrogens (tertiary/aromatic N) is 1. The van der Waals surface area contributed by atoms with Crippen LogP contribution in [0.5, 0.6) is 0 Å². The molecule has 0 aromatic heterocycles. The van der Waals surface area contributed by atoms with E-state index < -0.39 is 10.0 Å². The van der Waals surface area contributed by atoms with Crippen LogP contribution in [-0.2, 0) is 14.9 Å². The molecule has 138 valence electrons. The van der Waals surface area contributed by atoms with E-state index in [2.05, 4.69) is 20.5 Å². The van der Waals surface area contributed by atoms with Gasteiger partial charge < -0.3 is 4.84 Å². The minimum Gasteiger partial charge on any atom is -0.385 e. The molecule has 25 heavy (non-hydrogen) atoms. The number of aliphatic imine (C=N–C) groups is 1. The third-order valence-corrected chi connectivity index (χ3v) is 6.16. The van der Waals surface area contributed by atoms with Gasteiger partial charge in [0.05, 0.1) is 5.75 Å². The summed E-state index contributed by atoms with van der Waals surface area (Å²) >= 11 is 0. The first-order valence-electron chi connectivity index (χ1n) is 8.84. The number of rotatable bonds is 7. The summed E-state index contributed by atoms with van der Waals surface area (Å²) in [7, 11) is -3.10. The van der Waals surface area contributed by atoms with Crippen molar-refractivity contribution in [2.45, 2.75) is 44.9 Å². The molecule has 1 aliphatic heterocycles. The molecule has 1 unspecified atom stereocenters. The highest BCUT2D eigenvalue weighted by molar-refractivity contribution is 7.89. The highest BCUT2D eigenvalue weighted by Crippen LogP contribution is 2.24. The van der Waals surface area contributed by atoms with Gasteiger partial charge in [-0.2, -0.15) is 0 Å². The summed E-state index contributed by atoms with van der Waals surface area (Å²) in [5.41, 5.74) is 3.83. The normalized spacial score (nSPS) is 26.9. The summed E-state index contributed by atoms with van der Waals surface area (Å²) < 4.78 is 26.1. The van der Waals surface area contributed by atoms with E-state index in [-0.39, 0.29) is 18.1 Å². The third kappa shape index (κ3) is 5.24. The first-order chi connectivity index (χ1) is 12.1. The van der Waals surface area contributed by atoms with Crippen molar-refractivity contribution >= 4 is 15.9 Å². The van der Waals surface area contributed by atoms with E-state index in [9.17, 15) is 8.42 Å². The topological polar surface area (TPSA) is 91.8 Å². The summed E-state index contributed by atoms with van der Waals surface area (Å²) in [6.45, 7) is 2.50. The largest absolute Gasteiger partial charge is 0.385 e. The highest BCUT2D eigenvalue weighted by atomic mass is 32.2. The summed E-state index contributed by atoms with van der Waals surface area (Å²) in [4.78, 5) is 9.93. The lowest BCUT2D eigenvalue weighted by molar-refractivity contribution is 0.158. The molecule has 0 spiro atoms. The molecule has 8 heteroatoms. The Labute approximate surface area is 149 Å². The van der Waals surface area contributed by atoms with Gasteiger partial charge in [0.1, 0.15) is 0 Å². The molecule has 2 aliphatic rings. The Bertz CT molecular complexity index is 685. The lowest BCUT2D eigenvalue weighted by Gasteiger charge is -2.29. The van der Waals surface area contributed by atoms with Gasteiger partial charge in [0.15, 0.2) is 6.29 Å². The maximum Gasteiger partial charge on any atom is 0.243 e. The van der Waals surface area contributed by atoms with Crippen LogP contribution in [0.2, 0.25) is 0 Å². The van der Waals surface area contributed by atoms with Crippen molar-refractivity contribution in [3.05, 3.63) is 35.9 Å². The number of sulfonamides is 1. The van der Waals surface area contributed by atoms with Crippen molar-refractivity contribution in [1.82, 2.24) is 15.5 Å². The maximum atomic E-state index is 11.6.